The number of aromatic hydroxyl groups is 2. The summed E-state index contributed by atoms with van der Waals surface area (Å²) in [4.78, 5) is 5.05. The highest BCUT2D eigenvalue weighted by Gasteiger charge is 2.32. The van der Waals surface area contributed by atoms with Crippen molar-refractivity contribution in [3.05, 3.63) is 23.8 Å². The van der Waals surface area contributed by atoms with Crippen LogP contribution in [0.15, 0.2) is 18.2 Å². The van der Waals surface area contributed by atoms with Crippen molar-refractivity contribution in [2.45, 2.75) is 31.8 Å². The highest BCUT2D eigenvalue weighted by molar-refractivity contribution is 5.38. The van der Waals surface area contributed by atoms with Gasteiger partial charge in [0.05, 0.1) is 0 Å². The molecule has 2 atom stereocenters. The maximum Gasteiger partial charge on any atom is 0.119 e. The lowest BCUT2D eigenvalue weighted by Gasteiger charge is -2.40. The molecule has 4 nitrogen and oxygen atoms in total. The topological polar surface area (TPSA) is 46.9 Å². The van der Waals surface area contributed by atoms with Gasteiger partial charge in [-0.25, -0.2) is 0 Å². The van der Waals surface area contributed by atoms with E-state index in [1.54, 1.807) is 12.1 Å². The molecule has 0 spiro atoms. The van der Waals surface area contributed by atoms with Gasteiger partial charge in [-0.3, -0.25) is 9.80 Å². The Labute approximate surface area is 114 Å². The van der Waals surface area contributed by atoms with E-state index in [1.807, 2.05) is 0 Å². The van der Waals surface area contributed by atoms with Crippen LogP contribution in [0.5, 0.6) is 11.5 Å². The Kier molecular flexibility index (Phi) is 3.37. The molecule has 4 heteroatoms. The van der Waals surface area contributed by atoms with Crippen LogP contribution in [0.3, 0.4) is 0 Å². The summed E-state index contributed by atoms with van der Waals surface area (Å²) in [5, 5.41) is 19.2. The van der Waals surface area contributed by atoms with Crippen molar-refractivity contribution in [3.63, 3.8) is 0 Å². The van der Waals surface area contributed by atoms with Crippen LogP contribution in [0.25, 0.3) is 0 Å². The lowest BCUT2D eigenvalue weighted by atomic mass is 10.0. The van der Waals surface area contributed by atoms with E-state index in [9.17, 15) is 10.2 Å². The predicted molar refractivity (Wildman–Crippen MR) is 74.4 cm³/mol. The van der Waals surface area contributed by atoms with Crippen LogP contribution in [0.1, 0.15) is 31.4 Å². The van der Waals surface area contributed by atoms with Crippen LogP contribution in [0.4, 0.5) is 0 Å². The number of rotatable bonds is 2. The molecule has 0 bridgehead atoms. The first kappa shape index (κ1) is 12.8. The standard InChI is InChI=1S/C15H22N2O2/c1-11(12-7-14(18)9-15(19)8-12)17-6-5-16-4-2-3-13(16)10-17/h7-9,11,13,18-19H,2-6,10H2,1H3. The van der Waals surface area contributed by atoms with E-state index in [-0.39, 0.29) is 17.5 Å². The number of fused-ring (bicyclic) bond motifs is 1. The maximum atomic E-state index is 9.60. The molecule has 1 aromatic rings. The molecular formula is C15H22N2O2. The van der Waals surface area contributed by atoms with Crippen molar-refractivity contribution in [3.8, 4) is 11.5 Å². The molecule has 104 valence electrons. The fourth-order valence-corrected chi connectivity index (χ4v) is 3.44. The number of benzene rings is 1. The average Bonchev–Trinajstić information content (AvgIpc) is 2.83. The van der Waals surface area contributed by atoms with Crippen molar-refractivity contribution in [1.82, 2.24) is 9.80 Å². The third-order valence-corrected chi connectivity index (χ3v) is 4.57. The zero-order valence-corrected chi connectivity index (χ0v) is 11.4. The minimum Gasteiger partial charge on any atom is -0.508 e. The fourth-order valence-electron chi connectivity index (χ4n) is 3.44. The van der Waals surface area contributed by atoms with Crippen LogP contribution in [-0.4, -0.2) is 52.2 Å². The van der Waals surface area contributed by atoms with E-state index in [2.05, 4.69) is 16.7 Å². The highest BCUT2D eigenvalue weighted by Crippen LogP contribution is 2.31. The first-order valence-corrected chi connectivity index (χ1v) is 7.14. The molecule has 2 fully saturated rings. The van der Waals surface area contributed by atoms with E-state index >= 15 is 0 Å². The molecule has 1 aromatic carbocycles. The number of nitrogens with zero attached hydrogens (tertiary/aromatic N) is 2. The van der Waals surface area contributed by atoms with E-state index < -0.39 is 0 Å². The second kappa shape index (κ2) is 5.02. The van der Waals surface area contributed by atoms with Gasteiger partial charge in [0.2, 0.25) is 0 Å². The molecule has 0 aliphatic carbocycles. The Morgan fingerprint density at radius 2 is 1.84 bits per heavy atom. The van der Waals surface area contributed by atoms with Gasteiger partial charge in [-0.05, 0) is 44.0 Å². The van der Waals surface area contributed by atoms with E-state index in [4.69, 9.17) is 0 Å². The van der Waals surface area contributed by atoms with Gasteiger partial charge < -0.3 is 10.2 Å². The van der Waals surface area contributed by atoms with Gasteiger partial charge in [0.1, 0.15) is 11.5 Å². The van der Waals surface area contributed by atoms with E-state index in [1.165, 1.54) is 25.5 Å². The number of phenolic OH excluding ortho intramolecular Hbond substituents is 2. The SMILES string of the molecule is CC(c1cc(O)cc(O)c1)N1CCN2CCCC2C1. The Morgan fingerprint density at radius 3 is 2.58 bits per heavy atom. The highest BCUT2D eigenvalue weighted by atomic mass is 16.3. The first-order chi connectivity index (χ1) is 9.13. The van der Waals surface area contributed by atoms with Crippen LogP contribution in [0.2, 0.25) is 0 Å². The molecule has 2 unspecified atom stereocenters. The maximum absolute atomic E-state index is 9.60. The molecule has 2 saturated heterocycles. The van der Waals surface area contributed by atoms with Crippen LogP contribution >= 0.6 is 0 Å². The summed E-state index contributed by atoms with van der Waals surface area (Å²) >= 11 is 0. The normalized spacial score (nSPS) is 26.3. The molecule has 2 N–H and O–H groups in total. The molecule has 0 aromatic heterocycles. The first-order valence-electron chi connectivity index (χ1n) is 7.14. The summed E-state index contributed by atoms with van der Waals surface area (Å²) in [7, 11) is 0. The smallest absolute Gasteiger partial charge is 0.119 e. The van der Waals surface area contributed by atoms with Crippen molar-refractivity contribution in [2.75, 3.05) is 26.2 Å². The summed E-state index contributed by atoms with van der Waals surface area (Å²) in [5.74, 6) is 0.280. The van der Waals surface area contributed by atoms with Crippen LogP contribution in [0, 0.1) is 0 Å². The molecule has 3 rings (SSSR count). The quantitative estimate of drug-likeness (QED) is 0.855. The van der Waals surface area contributed by atoms with E-state index in [0.29, 0.717) is 6.04 Å². The Balaban J connectivity index is 1.74. The summed E-state index contributed by atoms with van der Waals surface area (Å²) in [5.41, 5.74) is 0.990. The van der Waals surface area contributed by atoms with Gasteiger partial charge in [0.25, 0.3) is 0 Å². The molecule has 2 aliphatic rings. The van der Waals surface area contributed by atoms with Crippen molar-refractivity contribution >= 4 is 0 Å². The van der Waals surface area contributed by atoms with Crippen molar-refractivity contribution in [2.24, 2.45) is 0 Å². The second-order valence-electron chi connectivity index (χ2n) is 5.79. The van der Waals surface area contributed by atoms with Gasteiger partial charge in [-0.1, -0.05) is 0 Å². The molecule has 2 aliphatic heterocycles. The van der Waals surface area contributed by atoms with Crippen molar-refractivity contribution < 1.29 is 10.2 Å². The average molecular weight is 262 g/mol. The minimum atomic E-state index is 0.140. The van der Waals surface area contributed by atoms with Gasteiger partial charge in [-0.2, -0.15) is 0 Å². The molecule has 0 saturated carbocycles. The Morgan fingerprint density at radius 1 is 1.11 bits per heavy atom. The zero-order valence-electron chi connectivity index (χ0n) is 11.4. The second-order valence-corrected chi connectivity index (χ2v) is 5.79. The molecule has 2 heterocycles. The summed E-state index contributed by atoms with van der Waals surface area (Å²) < 4.78 is 0. The third-order valence-electron chi connectivity index (χ3n) is 4.57. The van der Waals surface area contributed by atoms with Crippen LogP contribution < -0.4 is 0 Å². The number of piperazine rings is 1. The monoisotopic (exact) mass is 262 g/mol. The lowest BCUT2D eigenvalue weighted by molar-refractivity contribution is 0.0769. The largest absolute Gasteiger partial charge is 0.508 e. The van der Waals surface area contributed by atoms with Gasteiger partial charge in [-0.15, -0.1) is 0 Å². The van der Waals surface area contributed by atoms with E-state index in [0.717, 1.165) is 25.2 Å². The molecular weight excluding hydrogens is 240 g/mol. The molecule has 19 heavy (non-hydrogen) atoms. The predicted octanol–water partition coefficient (Wildman–Crippen LogP) is 1.94. The Bertz CT molecular complexity index is 443. The summed E-state index contributed by atoms with van der Waals surface area (Å²) in [6, 6.07) is 5.82. The summed E-state index contributed by atoms with van der Waals surface area (Å²) in [6.07, 6.45) is 2.62. The van der Waals surface area contributed by atoms with Gasteiger partial charge in [0.15, 0.2) is 0 Å². The lowest BCUT2D eigenvalue weighted by Crippen LogP contribution is -2.50. The minimum absolute atomic E-state index is 0.140. The molecule has 0 amide bonds. The number of hydrogen-bond acceptors (Lipinski definition) is 4. The summed E-state index contributed by atoms with van der Waals surface area (Å²) in [6.45, 7) is 6.70. The van der Waals surface area contributed by atoms with Gasteiger partial charge >= 0.3 is 0 Å². The van der Waals surface area contributed by atoms with Crippen LogP contribution in [-0.2, 0) is 0 Å². The Hall–Kier alpha value is -1.26. The molecule has 0 radical (unpaired) electrons. The third kappa shape index (κ3) is 2.55. The van der Waals surface area contributed by atoms with Crippen molar-refractivity contribution in [1.29, 1.82) is 0 Å². The zero-order chi connectivity index (χ0) is 13.4. The van der Waals surface area contributed by atoms with Gasteiger partial charge in [0, 0.05) is 37.8 Å². The number of phenols is 2. The fraction of sp³-hybridized carbons (Fsp3) is 0.600. The number of hydrogen-bond donors (Lipinski definition) is 2.